The number of aromatic nitrogens is 3. The Morgan fingerprint density at radius 3 is 2.42 bits per heavy atom. The maximum Gasteiger partial charge on any atom is 0.416 e. The summed E-state index contributed by atoms with van der Waals surface area (Å²) in [6, 6.07) is 4.61. The van der Waals surface area contributed by atoms with Crippen molar-refractivity contribution in [1.82, 2.24) is 15.0 Å². The van der Waals surface area contributed by atoms with Crippen molar-refractivity contribution >= 4 is 17.7 Å². The number of carbonyl (C=O) groups is 1. The molecule has 1 aromatic heterocycles. The molecule has 0 amide bonds. The van der Waals surface area contributed by atoms with Crippen LogP contribution in [0.4, 0.5) is 13.2 Å². The summed E-state index contributed by atoms with van der Waals surface area (Å²) in [5.74, 6) is -0.156. The first-order valence-corrected chi connectivity index (χ1v) is 10.1. The SMILES string of the molecule is C=C(/C=C\C(OCC(=O)O)=C(C)C)SCc1nn(-c2ccc(C(F)(F)F)cc2)nc1C. The van der Waals surface area contributed by atoms with Crippen LogP contribution < -0.4 is 0 Å². The van der Waals surface area contributed by atoms with E-state index in [0.717, 1.165) is 17.7 Å². The van der Waals surface area contributed by atoms with Gasteiger partial charge in [0, 0.05) is 10.7 Å². The van der Waals surface area contributed by atoms with Gasteiger partial charge in [-0.2, -0.15) is 28.2 Å². The second-order valence-electron chi connectivity index (χ2n) is 6.70. The fraction of sp³-hybridized carbons (Fsp3) is 0.286. The Bertz CT molecular complexity index is 1010. The van der Waals surface area contributed by atoms with E-state index in [1.807, 2.05) is 0 Å². The number of rotatable bonds is 9. The van der Waals surface area contributed by atoms with Crippen LogP contribution in [-0.4, -0.2) is 32.7 Å². The molecule has 0 radical (unpaired) electrons. The molecule has 0 saturated heterocycles. The lowest BCUT2D eigenvalue weighted by atomic mass is 10.2. The molecule has 10 heteroatoms. The quantitative estimate of drug-likeness (QED) is 0.411. The van der Waals surface area contributed by atoms with E-state index in [2.05, 4.69) is 16.8 Å². The molecule has 0 aliphatic heterocycles. The molecule has 0 unspecified atom stereocenters. The molecule has 0 atom stereocenters. The van der Waals surface area contributed by atoms with Crippen molar-refractivity contribution in [3.63, 3.8) is 0 Å². The monoisotopic (exact) mass is 453 g/mol. The number of hydrogen-bond donors (Lipinski definition) is 1. The molecule has 1 heterocycles. The summed E-state index contributed by atoms with van der Waals surface area (Å²) in [6.07, 6.45) is -1.03. The van der Waals surface area contributed by atoms with E-state index in [-0.39, 0.29) is 0 Å². The molecule has 6 nitrogen and oxygen atoms in total. The largest absolute Gasteiger partial charge is 0.482 e. The van der Waals surface area contributed by atoms with Crippen molar-refractivity contribution in [3.05, 3.63) is 76.2 Å². The number of carboxylic acids is 1. The van der Waals surface area contributed by atoms with Crippen molar-refractivity contribution < 1.29 is 27.8 Å². The highest BCUT2D eigenvalue weighted by molar-refractivity contribution is 8.02. The summed E-state index contributed by atoms with van der Waals surface area (Å²) in [5.41, 5.74) is 1.84. The van der Waals surface area contributed by atoms with E-state index in [1.54, 1.807) is 32.9 Å². The second kappa shape index (κ2) is 10.3. The lowest BCUT2D eigenvalue weighted by Crippen LogP contribution is -2.06. The van der Waals surface area contributed by atoms with Gasteiger partial charge in [-0.3, -0.25) is 0 Å². The fourth-order valence-corrected chi connectivity index (χ4v) is 3.07. The summed E-state index contributed by atoms with van der Waals surface area (Å²) < 4.78 is 43.4. The Morgan fingerprint density at radius 1 is 1.23 bits per heavy atom. The third-order valence-electron chi connectivity index (χ3n) is 3.96. The minimum absolute atomic E-state index is 0.426. The molecule has 0 aliphatic rings. The molecule has 0 bridgehead atoms. The van der Waals surface area contributed by atoms with Crippen molar-refractivity contribution in [1.29, 1.82) is 0 Å². The Hall–Kier alpha value is -3.01. The summed E-state index contributed by atoms with van der Waals surface area (Å²) in [7, 11) is 0. The molecule has 0 saturated carbocycles. The van der Waals surface area contributed by atoms with E-state index >= 15 is 0 Å². The van der Waals surface area contributed by atoms with Gasteiger partial charge in [0.25, 0.3) is 0 Å². The molecule has 2 rings (SSSR count). The first-order chi connectivity index (χ1) is 14.5. The van der Waals surface area contributed by atoms with Gasteiger partial charge in [-0.1, -0.05) is 6.58 Å². The van der Waals surface area contributed by atoms with Gasteiger partial charge in [-0.05, 0) is 62.8 Å². The average molecular weight is 453 g/mol. The van der Waals surface area contributed by atoms with Gasteiger partial charge in [-0.25, -0.2) is 4.79 Å². The number of carboxylic acid groups (broad SMARTS) is 1. The van der Waals surface area contributed by atoms with Gasteiger partial charge in [-0.15, -0.1) is 11.8 Å². The molecule has 1 N–H and O–H groups in total. The van der Waals surface area contributed by atoms with Crippen molar-refractivity contribution in [2.45, 2.75) is 32.7 Å². The van der Waals surface area contributed by atoms with Gasteiger partial charge < -0.3 is 9.84 Å². The second-order valence-corrected chi connectivity index (χ2v) is 7.80. The fourth-order valence-electron chi connectivity index (χ4n) is 2.32. The van der Waals surface area contributed by atoms with Crippen molar-refractivity contribution in [3.8, 4) is 5.69 Å². The predicted octanol–water partition coefficient (Wildman–Crippen LogP) is 5.29. The first kappa shape index (κ1) is 24.3. The lowest BCUT2D eigenvalue weighted by molar-refractivity contribution is -0.140. The maximum absolute atomic E-state index is 12.7. The van der Waals surface area contributed by atoms with Crippen LogP contribution in [0.3, 0.4) is 0 Å². The lowest BCUT2D eigenvalue weighted by Gasteiger charge is -2.07. The van der Waals surface area contributed by atoms with Gasteiger partial charge in [0.2, 0.25) is 0 Å². The molecule has 31 heavy (non-hydrogen) atoms. The Morgan fingerprint density at radius 2 is 1.87 bits per heavy atom. The Balaban J connectivity index is 2.01. The van der Waals surface area contributed by atoms with Gasteiger partial charge in [0.05, 0.1) is 22.6 Å². The minimum atomic E-state index is -4.40. The number of benzene rings is 1. The number of aryl methyl sites for hydroxylation is 1. The molecule has 166 valence electrons. The van der Waals surface area contributed by atoms with Gasteiger partial charge in [0.15, 0.2) is 6.61 Å². The number of hydrogen-bond acceptors (Lipinski definition) is 5. The number of thioether (sulfide) groups is 1. The van der Waals surface area contributed by atoms with Crippen LogP contribution in [0.25, 0.3) is 5.69 Å². The predicted molar refractivity (Wildman–Crippen MR) is 113 cm³/mol. The zero-order chi connectivity index (χ0) is 23.2. The van der Waals surface area contributed by atoms with Gasteiger partial charge >= 0.3 is 12.1 Å². The third kappa shape index (κ3) is 7.32. The van der Waals surface area contributed by atoms with Crippen LogP contribution in [0.5, 0.6) is 0 Å². The molecular weight excluding hydrogens is 431 g/mol. The minimum Gasteiger partial charge on any atom is -0.482 e. The zero-order valence-corrected chi connectivity index (χ0v) is 18.0. The van der Waals surface area contributed by atoms with Crippen LogP contribution in [0.1, 0.15) is 30.8 Å². The number of halogens is 3. The van der Waals surface area contributed by atoms with E-state index in [1.165, 1.54) is 28.7 Å². The highest BCUT2D eigenvalue weighted by Gasteiger charge is 2.30. The van der Waals surface area contributed by atoms with Gasteiger partial charge in [0.1, 0.15) is 5.76 Å². The standard InChI is InChI=1S/C21H22F3N3O3S/c1-13(2)19(30-11-20(28)29)10-5-14(3)31-12-18-15(4)25-27(26-18)17-8-6-16(7-9-17)21(22,23)24/h5-10H,3,11-12H2,1-2,4H3,(H,28,29)/b10-5-. The summed E-state index contributed by atoms with van der Waals surface area (Å²) in [5, 5.41) is 17.4. The zero-order valence-electron chi connectivity index (χ0n) is 17.2. The van der Waals surface area contributed by atoms with Crippen LogP contribution in [0.2, 0.25) is 0 Å². The van der Waals surface area contributed by atoms with Crippen LogP contribution in [-0.2, 0) is 21.5 Å². The Labute approximate surface area is 182 Å². The normalized spacial score (nSPS) is 11.5. The average Bonchev–Trinajstić information content (AvgIpc) is 3.06. The molecular formula is C21H22F3N3O3S. The summed E-state index contributed by atoms with van der Waals surface area (Å²) >= 11 is 1.40. The number of ether oxygens (including phenoxy) is 1. The Kier molecular flexibility index (Phi) is 8.09. The topological polar surface area (TPSA) is 77.2 Å². The maximum atomic E-state index is 12.7. The smallest absolute Gasteiger partial charge is 0.416 e. The molecule has 0 spiro atoms. The molecule has 0 fully saturated rings. The number of alkyl halides is 3. The molecule has 1 aromatic carbocycles. The number of nitrogens with zero attached hydrogens (tertiary/aromatic N) is 3. The van der Waals surface area contributed by atoms with Crippen LogP contribution in [0.15, 0.2) is 59.2 Å². The van der Waals surface area contributed by atoms with E-state index < -0.39 is 24.3 Å². The van der Waals surface area contributed by atoms with Crippen molar-refractivity contribution in [2.75, 3.05) is 6.61 Å². The first-order valence-electron chi connectivity index (χ1n) is 9.09. The summed E-state index contributed by atoms with van der Waals surface area (Å²) in [6.45, 7) is 8.89. The van der Waals surface area contributed by atoms with Crippen LogP contribution >= 0.6 is 11.8 Å². The highest BCUT2D eigenvalue weighted by Crippen LogP contribution is 2.29. The molecule has 0 aliphatic carbocycles. The summed E-state index contributed by atoms with van der Waals surface area (Å²) in [4.78, 5) is 12.7. The molecule has 2 aromatic rings. The van der Waals surface area contributed by atoms with E-state index in [4.69, 9.17) is 9.84 Å². The number of allylic oxidation sites excluding steroid dienone is 3. The van der Waals surface area contributed by atoms with E-state index in [9.17, 15) is 18.0 Å². The van der Waals surface area contributed by atoms with Crippen LogP contribution in [0, 0.1) is 6.92 Å². The highest BCUT2D eigenvalue weighted by atomic mass is 32.2. The van der Waals surface area contributed by atoms with E-state index in [0.29, 0.717) is 33.5 Å². The van der Waals surface area contributed by atoms with Crippen molar-refractivity contribution in [2.24, 2.45) is 0 Å². The number of aliphatic carboxylic acids is 1. The third-order valence-corrected chi connectivity index (χ3v) is 4.89.